The van der Waals surface area contributed by atoms with Crippen molar-refractivity contribution in [3.63, 3.8) is 0 Å². The number of rotatable bonds is 10. The first-order valence-electron chi connectivity index (χ1n) is 16.2. The number of nitrogens with zero attached hydrogens (tertiary/aromatic N) is 2. The van der Waals surface area contributed by atoms with Gasteiger partial charge in [-0.1, -0.05) is 26.8 Å². The van der Waals surface area contributed by atoms with Crippen LogP contribution in [0.2, 0.25) is 0 Å². The number of cyclic esters (lactones) is 1. The molecule has 0 radical (unpaired) electrons. The number of halogens is 1. The molecule has 1 saturated carbocycles. The lowest BCUT2D eigenvalue weighted by Gasteiger charge is -2.36. The molecule has 2 saturated heterocycles. The fourth-order valence-electron chi connectivity index (χ4n) is 6.62. The second kappa shape index (κ2) is 12.9. The second-order valence-electron chi connectivity index (χ2n) is 14.8. The van der Waals surface area contributed by atoms with Crippen molar-refractivity contribution in [2.45, 2.75) is 97.2 Å². The number of aromatic nitrogens is 1. The van der Waals surface area contributed by atoms with Crippen molar-refractivity contribution in [2.24, 2.45) is 17.3 Å². The highest BCUT2D eigenvalue weighted by atomic mass is 79.9. The smallest absolute Gasteiger partial charge is 0.328 e. The number of carbonyl (C=O) groups is 3. The molecule has 5 rings (SSSR count). The molecule has 1 spiro atoms. The Labute approximate surface area is 285 Å². The quantitative estimate of drug-likeness (QED) is 0.254. The van der Waals surface area contributed by atoms with Crippen LogP contribution in [0.1, 0.15) is 67.7 Å². The molecule has 1 aromatic carbocycles. The third-order valence-corrected chi connectivity index (χ3v) is 9.88. The minimum atomic E-state index is -0.810. The SMILES string of the molecule is C=C[C@@H]1C[C@@]12NC([C@@H]1C[C@@H](Oc3cc(OCC)nc4c(Br)c(OC)ccc34)CN1C(=O)[C@@H](CC(=O)NC(C)(C)C)C(C)(C)C)OC2=O. The van der Waals surface area contributed by atoms with Gasteiger partial charge in [0, 0.05) is 35.8 Å². The number of esters is 1. The Morgan fingerprint density at radius 1 is 1.26 bits per heavy atom. The van der Waals surface area contributed by atoms with Crippen molar-refractivity contribution in [3.05, 3.63) is 35.3 Å². The van der Waals surface area contributed by atoms with E-state index in [-0.39, 0.29) is 36.7 Å². The summed E-state index contributed by atoms with van der Waals surface area (Å²) in [6.45, 7) is 18.0. The highest BCUT2D eigenvalue weighted by molar-refractivity contribution is 9.10. The van der Waals surface area contributed by atoms with Crippen LogP contribution in [-0.2, 0) is 19.1 Å². The minimum Gasteiger partial charge on any atom is -0.495 e. The largest absolute Gasteiger partial charge is 0.495 e. The Morgan fingerprint density at radius 3 is 2.57 bits per heavy atom. The van der Waals surface area contributed by atoms with Gasteiger partial charge in [-0.3, -0.25) is 14.9 Å². The number of ether oxygens (including phenoxy) is 4. The number of nitrogens with one attached hydrogen (secondary N) is 2. The van der Waals surface area contributed by atoms with Gasteiger partial charge in [0.25, 0.3) is 0 Å². The zero-order valence-electron chi connectivity index (χ0n) is 28.6. The average Bonchev–Trinajstić information content (AvgIpc) is 3.38. The number of carbonyl (C=O) groups excluding carboxylic acids is 3. The first-order valence-corrected chi connectivity index (χ1v) is 17.0. The molecule has 11 nitrogen and oxygen atoms in total. The van der Waals surface area contributed by atoms with Crippen LogP contribution in [0, 0.1) is 17.3 Å². The van der Waals surface area contributed by atoms with Gasteiger partial charge in [-0.05, 0) is 67.6 Å². The molecule has 3 fully saturated rings. The third kappa shape index (κ3) is 7.09. The fourth-order valence-corrected chi connectivity index (χ4v) is 7.22. The van der Waals surface area contributed by atoms with E-state index in [0.717, 1.165) is 5.39 Å². The molecule has 2 aromatic rings. The summed E-state index contributed by atoms with van der Waals surface area (Å²) in [5, 5.41) is 7.15. The topological polar surface area (TPSA) is 128 Å². The van der Waals surface area contributed by atoms with Crippen LogP contribution in [0.3, 0.4) is 0 Å². The van der Waals surface area contributed by atoms with Gasteiger partial charge in [-0.25, -0.2) is 9.78 Å². The summed E-state index contributed by atoms with van der Waals surface area (Å²) in [7, 11) is 1.59. The number of methoxy groups -OCH3 is 1. The number of likely N-dealkylation sites (tertiary alicyclic amines) is 1. The summed E-state index contributed by atoms with van der Waals surface area (Å²) < 4.78 is 24.6. The highest BCUT2D eigenvalue weighted by Crippen LogP contribution is 2.50. The van der Waals surface area contributed by atoms with Gasteiger partial charge in [0.2, 0.25) is 17.7 Å². The van der Waals surface area contributed by atoms with E-state index in [0.29, 0.717) is 46.8 Å². The molecule has 12 heteroatoms. The van der Waals surface area contributed by atoms with Gasteiger partial charge in [0.05, 0.1) is 42.2 Å². The number of benzene rings is 1. The summed E-state index contributed by atoms with van der Waals surface area (Å²) in [6.07, 6.45) is 1.59. The Kier molecular flexibility index (Phi) is 9.60. The van der Waals surface area contributed by atoms with Crippen molar-refractivity contribution >= 4 is 44.6 Å². The van der Waals surface area contributed by atoms with Crippen LogP contribution < -0.4 is 24.8 Å². The number of hydrogen-bond donors (Lipinski definition) is 2. The van der Waals surface area contributed by atoms with Crippen LogP contribution in [0.25, 0.3) is 10.9 Å². The maximum Gasteiger partial charge on any atom is 0.328 e. The molecule has 2 amide bonds. The first kappa shape index (κ1) is 34.9. The Bertz CT molecular complexity index is 1570. The van der Waals surface area contributed by atoms with Gasteiger partial charge in [-0.15, -0.1) is 6.58 Å². The van der Waals surface area contributed by atoms with E-state index in [9.17, 15) is 14.4 Å². The summed E-state index contributed by atoms with van der Waals surface area (Å²) >= 11 is 3.61. The average molecular weight is 716 g/mol. The van der Waals surface area contributed by atoms with Crippen LogP contribution in [0.5, 0.6) is 17.4 Å². The molecular formula is C35H47BrN4O7. The zero-order valence-corrected chi connectivity index (χ0v) is 30.2. The molecule has 1 aliphatic carbocycles. The zero-order chi connectivity index (χ0) is 34.5. The monoisotopic (exact) mass is 714 g/mol. The maximum atomic E-state index is 14.6. The number of pyridine rings is 1. The lowest BCUT2D eigenvalue weighted by molar-refractivity contribution is -0.151. The molecule has 256 valence electrons. The molecular weight excluding hydrogens is 668 g/mol. The Hall–Kier alpha value is -3.38. The summed E-state index contributed by atoms with van der Waals surface area (Å²) in [6, 6.07) is 4.94. The number of hydrogen-bond acceptors (Lipinski definition) is 9. The van der Waals surface area contributed by atoms with Crippen molar-refractivity contribution < 1.29 is 33.3 Å². The second-order valence-corrected chi connectivity index (χ2v) is 15.6. The highest BCUT2D eigenvalue weighted by Gasteiger charge is 2.66. The predicted molar refractivity (Wildman–Crippen MR) is 181 cm³/mol. The lowest BCUT2D eigenvalue weighted by Crippen LogP contribution is -2.53. The van der Waals surface area contributed by atoms with Crippen molar-refractivity contribution in [2.75, 3.05) is 20.3 Å². The van der Waals surface area contributed by atoms with Crippen LogP contribution in [0.4, 0.5) is 0 Å². The standard InChI is InChI=1S/C35H47BrN4O7/c1-10-19-17-35(19)32(43)47-30(39-35)23-14-20(18-40(23)31(42)22(33(3,4)5)15-26(41)38-34(6,7)8)46-25-16-27(45-11-2)37-29-21(25)12-13-24(44-9)28(29)36/h10,12-13,16,19-20,22-23,30,39H,1,11,14-15,17-18H2,2-9H3,(H,38,41)/t19-,20-,22-,23+,30?,35-/m1/s1. The summed E-state index contributed by atoms with van der Waals surface area (Å²) in [5.41, 5.74) is -1.16. The Balaban J connectivity index is 1.48. The van der Waals surface area contributed by atoms with Crippen molar-refractivity contribution in [3.8, 4) is 17.4 Å². The van der Waals surface area contributed by atoms with Crippen molar-refractivity contribution in [1.82, 2.24) is 20.5 Å². The molecule has 6 atom stereocenters. The molecule has 3 heterocycles. The van der Waals surface area contributed by atoms with Crippen LogP contribution >= 0.6 is 15.9 Å². The predicted octanol–water partition coefficient (Wildman–Crippen LogP) is 5.14. The molecule has 1 unspecified atom stereocenters. The van der Waals surface area contributed by atoms with E-state index in [1.165, 1.54) is 0 Å². The summed E-state index contributed by atoms with van der Waals surface area (Å²) in [4.78, 5) is 47.2. The van der Waals surface area contributed by atoms with Gasteiger partial charge in [-0.2, -0.15) is 0 Å². The molecule has 47 heavy (non-hydrogen) atoms. The van der Waals surface area contributed by atoms with E-state index in [1.54, 1.807) is 24.2 Å². The fraction of sp³-hybridized carbons (Fsp3) is 0.600. The van der Waals surface area contributed by atoms with Crippen LogP contribution in [0.15, 0.2) is 35.3 Å². The normalized spacial score (nSPS) is 26.2. The van der Waals surface area contributed by atoms with Crippen molar-refractivity contribution in [1.29, 1.82) is 0 Å². The maximum absolute atomic E-state index is 14.6. The summed E-state index contributed by atoms with van der Waals surface area (Å²) in [5.74, 6) is 0.173. The molecule has 0 bridgehead atoms. The molecule has 2 aliphatic heterocycles. The first-order chi connectivity index (χ1) is 22.0. The minimum absolute atomic E-state index is 0.0251. The number of amides is 2. The molecule has 1 aromatic heterocycles. The van der Waals surface area contributed by atoms with E-state index in [1.807, 2.05) is 60.6 Å². The van der Waals surface area contributed by atoms with E-state index in [4.69, 9.17) is 18.9 Å². The van der Waals surface area contributed by atoms with Gasteiger partial charge >= 0.3 is 5.97 Å². The van der Waals surface area contributed by atoms with Gasteiger partial charge in [0.15, 0.2) is 6.23 Å². The molecule has 2 N–H and O–H groups in total. The number of fused-ring (bicyclic) bond motifs is 1. The van der Waals surface area contributed by atoms with Gasteiger partial charge in [0.1, 0.15) is 23.1 Å². The Morgan fingerprint density at radius 2 is 1.98 bits per heavy atom. The van der Waals surface area contributed by atoms with E-state index < -0.39 is 40.8 Å². The van der Waals surface area contributed by atoms with Gasteiger partial charge < -0.3 is 29.2 Å². The van der Waals surface area contributed by atoms with E-state index >= 15 is 0 Å². The molecule has 3 aliphatic rings. The third-order valence-electron chi connectivity index (χ3n) is 9.11. The van der Waals surface area contributed by atoms with Crippen LogP contribution in [-0.4, -0.2) is 77.4 Å². The van der Waals surface area contributed by atoms with E-state index in [2.05, 4.69) is 38.1 Å². The lowest BCUT2D eigenvalue weighted by atomic mass is 9.77.